The molecule has 0 radical (unpaired) electrons. The van der Waals surface area contributed by atoms with E-state index in [2.05, 4.69) is 8.75 Å². The summed E-state index contributed by atoms with van der Waals surface area (Å²) in [5.74, 6) is -0.304. The third-order valence-corrected chi connectivity index (χ3v) is 4.94. The summed E-state index contributed by atoms with van der Waals surface area (Å²) in [6, 6.07) is 7.54. The zero-order chi connectivity index (χ0) is 18.9. The van der Waals surface area contributed by atoms with E-state index in [-0.39, 0.29) is 16.7 Å². The van der Waals surface area contributed by atoms with Crippen LogP contribution in [0.3, 0.4) is 0 Å². The van der Waals surface area contributed by atoms with E-state index in [1.54, 1.807) is 12.1 Å². The van der Waals surface area contributed by atoms with Crippen LogP contribution in [0.5, 0.6) is 11.5 Å². The number of hydrogen-bond acceptors (Lipinski definition) is 8. The van der Waals surface area contributed by atoms with Gasteiger partial charge in [0, 0.05) is 11.1 Å². The summed E-state index contributed by atoms with van der Waals surface area (Å²) < 4.78 is 50.4. The van der Waals surface area contributed by atoms with E-state index in [1.165, 1.54) is 32.4 Å². The van der Waals surface area contributed by atoms with Gasteiger partial charge < -0.3 is 9.47 Å². The Bertz CT molecular complexity index is 1090. The monoisotopic (exact) mass is 394 g/mol. The number of ether oxygens (including phenoxy) is 2. The Kier molecular flexibility index (Phi) is 4.90. The molecule has 0 bridgehead atoms. The molecule has 136 valence electrons. The lowest BCUT2D eigenvalue weighted by Gasteiger charge is -2.11. The molecule has 0 atom stereocenters. The first-order valence-electron chi connectivity index (χ1n) is 7.29. The van der Waals surface area contributed by atoms with Gasteiger partial charge >= 0.3 is 0 Å². The fraction of sp³-hybridized carbons (Fsp3) is 0.188. The first-order valence-corrected chi connectivity index (χ1v) is 9.63. The van der Waals surface area contributed by atoms with Crippen LogP contribution >= 0.6 is 11.7 Å². The molecule has 0 saturated carbocycles. The Morgan fingerprint density at radius 2 is 1.73 bits per heavy atom. The molecule has 1 N–H and O–H groups in total. The molecule has 0 aliphatic heterocycles. The smallest absolute Gasteiger partial charge is 0.269 e. The zero-order valence-corrected chi connectivity index (χ0v) is 15.4. The highest BCUT2D eigenvalue weighted by Gasteiger charge is 2.21. The minimum Gasteiger partial charge on any atom is -0.493 e. The van der Waals surface area contributed by atoms with E-state index in [0.29, 0.717) is 22.5 Å². The highest BCUT2D eigenvalue weighted by molar-refractivity contribution is 7.85. The third-order valence-electron chi connectivity index (χ3n) is 3.71. The average molecular weight is 394 g/mol. The van der Waals surface area contributed by atoms with E-state index >= 15 is 0 Å². The van der Waals surface area contributed by atoms with Crippen LogP contribution < -0.4 is 9.47 Å². The van der Waals surface area contributed by atoms with Gasteiger partial charge in [-0.15, -0.1) is 0 Å². The quantitative estimate of drug-likeness (QED) is 0.500. The number of methoxy groups -OCH3 is 2. The number of rotatable bonds is 6. The molecule has 8 nitrogen and oxygen atoms in total. The van der Waals surface area contributed by atoms with Gasteiger partial charge in [0.2, 0.25) is 0 Å². The zero-order valence-electron chi connectivity index (χ0n) is 13.8. The van der Waals surface area contributed by atoms with E-state index in [0.717, 1.165) is 11.7 Å². The van der Waals surface area contributed by atoms with Crippen molar-refractivity contribution in [2.75, 3.05) is 14.2 Å². The Labute approximate surface area is 153 Å². The molecule has 0 aliphatic rings. The van der Waals surface area contributed by atoms with Crippen LogP contribution in [-0.4, -0.2) is 41.7 Å². The predicted octanol–water partition coefficient (Wildman–Crippen LogP) is 2.33. The number of benzene rings is 2. The summed E-state index contributed by atoms with van der Waals surface area (Å²) in [5.41, 5.74) is 1.47. The Hall–Kier alpha value is -2.56. The van der Waals surface area contributed by atoms with Crippen molar-refractivity contribution in [3.63, 3.8) is 0 Å². The van der Waals surface area contributed by atoms with Crippen LogP contribution in [0.2, 0.25) is 0 Å². The van der Waals surface area contributed by atoms with E-state index in [4.69, 9.17) is 9.47 Å². The number of fused-ring (bicyclic) bond motifs is 1. The van der Waals surface area contributed by atoms with E-state index < -0.39 is 21.7 Å². The van der Waals surface area contributed by atoms with Crippen LogP contribution in [0.1, 0.15) is 21.5 Å². The fourth-order valence-electron chi connectivity index (χ4n) is 2.53. The molecule has 0 aliphatic carbocycles. The maximum Gasteiger partial charge on any atom is 0.269 e. The van der Waals surface area contributed by atoms with Crippen LogP contribution in [0.15, 0.2) is 30.3 Å². The van der Waals surface area contributed by atoms with Crippen LogP contribution in [-0.2, 0) is 15.9 Å². The number of carbonyl (C=O) groups is 1. The van der Waals surface area contributed by atoms with E-state index in [9.17, 15) is 17.8 Å². The number of aromatic nitrogens is 2. The molecule has 1 aromatic heterocycles. The maximum atomic E-state index is 13.0. The molecule has 0 unspecified atom stereocenters. The predicted molar refractivity (Wildman–Crippen MR) is 95.6 cm³/mol. The molecule has 3 rings (SSSR count). The fourth-order valence-corrected chi connectivity index (χ4v) is 3.68. The number of ketones is 1. The van der Waals surface area contributed by atoms with Gasteiger partial charge in [-0.2, -0.15) is 17.2 Å². The van der Waals surface area contributed by atoms with Crippen molar-refractivity contribution in [2.45, 2.75) is 5.75 Å². The second-order valence-electron chi connectivity index (χ2n) is 5.39. The van der Waals surface area contributed by atoms with Crippen molar-refractivity contribution in [3.8, 4) is 11.5 Å². The molecular weight excluding hydrogens is 380 g/mol. The first kappa shape index (κ1) is 18.2. The van der Waals surface area contributed by atoms with Crippen molar-refractivity contribution in [1.82, 2.24) is 8.75 Å². The second kappa shape index (κ2) is 6.98. The van der Waals surface area contributed by atoms with Crippen molar-refractivity contribution >= 4 is 38.7 Å². The topological polar surface area (TPSA) is 116 Å². The molecule has 10 heteroatoms. The number of nitrogens with zero attached hydrogens (tertiary/aromatic N) is 2. The molecule has 0 saturated heterocycles. The lowest BCUT2D eigenvalue weighted by molar-refractivity contribution is 0.103. The van der Waals surface area contributed by atoms with Gasteiger partial charge in [0.15, 0.2) is 17.3 Å². The van der Waals surface area contributed by atoms with Crippen LogP contribution in [0, 0.1) is 0 Å². The molecule has 3 aromatic rings. The third kappa shape index (κ3) is 3.66. The molecular formula is C16H14N2O6S2. The van der Waals surface area contributed by atoms with Gasteiger partial charge in [-0.1, -0.05) is 0 Å². The van der Waals surface area contributed by atoms with Gasteiger partial charge in [0.25, 0.3) is 10.1 Å². The summed E-state index contributed by atoms with van der Waals surface area (Å²) in [7, 11) is -1.41. The summed E-state index contributed by atoms with van der Waals surface area (Å²) in [5, 5.41) is 0. The normalized spacial score (nSPS) is 11.5. The highest BCUT2D eigenvalue weighted by Crippen LogP contribution is 2.30. The number of carbonyl (C=O) groups excluding carboxylic acids is 1. The van der Waals surface area contributed by atoms with Gasteiger partial charge in [-0.3, -0.25) is 9.35 Å². The molecule has 0 spiro atoms. The largest absolute Gasteiger partial charge is 0.493 e. The van der Waals surface area contributed by atoms with Crippen LogP contribution in [0.25, 0.3) is 11.0 Å². The Balaban J connectivity index is 2.13. The lowest BCUT2D eigenvalue weighted by atomic mass is 9.98. The minimum absolute atomic E-state index is 0.120. The van der Waals surface area contributed by atoms with Gasteiger partial charge in [-0.05, 0) is 35.9 Å². The Morgan fingerprint density at radius 1 is 1.08 bits per heavy atom. The first-order chi connectivity index (χ1) is 12.3. The standard InChI is InChI=1S/C16H14N2O6S2/c1-23-14-4-3-9(6-15(14)24-2)16(19)11-7-13-12(17-25-18-13)5-10(11)8-26(20,21)22/h3-7H,8H2,1-2H3,(H,20,21,22). The molecule has 0 amide bonds. The molecule has 26 heavy (non-hydrogen) atoms. The summed E-state index contributed by atoms with van der Waals surface area (Å²) in [6.45, 7) is 0. The van der Waals surface area contributed by atoms with Crippen molar-refractivity contribution in [2.24, 2.45) is 0 Å². The lowest BCUT2D eigenvalue weighted by Crippen LogP contribution is -2.10. The van der Waals surface area contributed by atoms with Crippen molar-refractivity contribution in [3.05, 3.63) is 47.0 Å². The SMILES string of the molecule is COc1ccc(C(=O)c2cc3nsnc3cc2CS(=O)(=O)O)cc1OC. The minimum atomic E-state index is -4.33. The average Bonchev–Trinajstić information content (AvgIpc) is 3.05. The molecule has 0 fully saturated rings. The number of hydrogen-bond donors (Lipinski definition) is 1. The highest BCUT2D eigenvalue weighted by atomic mass is 32.2. The molecule has 2 aromatic carbocycles. The van der Waals surface area contributed by atoms with Crippen molar-refractivity contribution in [1.29, 1.82) is 0 Å². The molecule has 1 heterocycles. The second-order valence-corrected chi connectivity index (χ2v) is 7.37. The van der Waals surface area contributed by atoms with Crippen molar-refractivity contribution < 1.29 is 27.2 Å². The summed E-state index contributed by atoms with van der Waals surface area (Å²) in [4.78, 5) is 13.0. The van der Waals surface area contributed by atoms with Gasteiger partial charge in [-0.25, -0.2) is 0 Å². The van der Waals surface area contributed by atoms with Crippen LogP contribution in [0.4, 0.5) is 0 Å². The summed E-state index contributed by atoms with van der Waals surface area (Å²) >= 11 is 0.947. The summed E-state index contributed by atoms with van der Waals surface area (Å²) in [6.07, 6.45) is 0. The Morgan fingerprint density at radius 3 is 2.35 bits per heavy atom. The van der Waals surface area contributed by atoms with E-state index in [1.807, 2.05) is 0 Å². The van der Waals surface area contributed by atoms with Gasteiger partial charge in [0.1, 0.15) is 16.8 Å². The maximum absolute atomic E-state index is 13.0. The van der Waals surface area contributed by atoms with Gasteiger partial charge in [0.05, 0.1) is 25.9 Å².